The maximum atomic E-state index is 12.6. The fourth-order valence-electron chi connectivity index (χ4n) is 3.86. The van der Waals surface area contributed by atoms with Gasteiger partial charge in [-0.05, 0) is 60.9 Å². The largest absolute Gasteiger partial charge is 0.407 e. The molecule has 1 aliphatic carbocycles. The maximum Gasteiger partial charge on any atom is 0.309 e. The molecule has 170 valence electrons. The molecule has 6 nitrogen and oxygen atoms in total. The first-order valence-electron chi connectivity index (χ1n) is 11.0. The van der Waals surface area contributed by atoms with Crippen molar-refractivity contribution in [3.63, 3.8) is 0 Å². The van der Waals surface area contributed by atoms with Crippen LogP contribution >= 0.6 is 15.9 Å². The summed E-state index contributed by atoms with van der Waals surface area (Å²) in [5.74, 6) is 0.153. The first kappa shape index (κ1) is 22.1. The van der Waals surface area contributed by atoms with Crippen molar-refractivity contribution in [2.24, 2.45) is 0 Å². The molecule has 1 aromatic heterocycles. The smallest absolute Gasteiger partial charge is 0.309 e. The van der Waals surface area contributed by atoms with Gasteiger partial charge in [0.1, 0.15) is 0 Å². The second kappa shape index (κ2) is 9.27. The molecule has 1 N–H and O–H groups in total. The molecule has 1 amide bonds. The van der Waals surface area contributed by atoms with Crippen LogP contribution < -0.4 is 10.1 Å². The number of rotatable bonds is 6. The van der Waals surface area contributed by atoms with Crippen LogP contribution in [0, 0.1) is 0 Å². The molecule has 5 rings (SSSR count). The molecule has 1 heterocycles. The summed E-state index contributed by atoms with van der Waals surface area (Å²) in [5.41, 5.74) is 4.67. The van der Waals surface area contributed by atoms with Crippen molar-refractivity contribution in [3.05, 3.63) is 94.6 Å². The quantitative estimate of drug-likeness (QED) is 0.303. The number of anilines is 1. The van der Waals surface area contributed by atoms with E-state index in [1.807, 2.05) is 66.7 Å². The first-order chi connectivity index (χ1) is 16.5. The summed E-state index contributed by atoms with van der Waals surface area (Å²) in [5, 5.41) is 7.78. The molecule has 0 saturated heterocycles. The molecule has 7 heteroatoms. The van der Waals surface area contributed by atoms with Gasteiger partial charge in [-0.1, -0.05) is 52.3 Å². The van der Waals surface area contributed by atoms with E-state index in [4.69, 9.17) is 9.84 Å². The molecule has 0 unspecified atom stereocenters. The zero-order valence-corrected chi connectivity index (χ0v) is 20.1. The summed E-state index contributed by atoms with van der Waals surface area (Å²) in [7, 11) is 0. The van der Waals surface area contributed by atoms with E-state index in [0.29, 0.717) is 23.0 Å². The van der Waals surface area contributed by atoms with E-state index < -0.39 is 5.97 Å². The molecule has 34 heavy (non-hydrogen) atoms. The van der Waals surface area contributed by atoms with Gasteiger partial charge in [-0.25, -0.2) is 0 Å². The third-order valence-electron chi connectivity index (χ3n) is 5.59. The molecule has 1 aliphatic rings. The number of carbonyl (C=O) groups is 2. The van der Waals surface area contributed by atoms with Crippen molar-refractivity contribution < 1.29 is 14.3 Å². The monoisotopic (exact) mass is 515 g/mol. The Morgan fingerprint density at radius 3 is 2.38 bits per heavy atom. The van der Waals surface area contributed by atoms with E-state index in [2.05, 4.69) is 21.2 Å². The number of amides is 1. The van der Waals surface area contributed by atoms with E-state index in [1.54, 1.807) is 16.8 Å². The summed E-state index contributed by atoms with van der Waals surface area (Å²) < 4.78 is 8.24. The molecule has 0 spiro atoms. The Kier molecular flexibility index (Phi) is 6.02. The molecule has 0 radical (unpaired) electrons. The van der Waals surface area contributed by atoms with Crippen molar-refractivity contribution in [2.45, 2.75) is 25.7 Å². The Hall–Kier alpha value is -3.71. The highest BCUT2D eigenvalue weighted by Crippen LogP contribution is 2.48. The fraction of sp³-hybridized carbons (Fsp3) is 0.148. The van der Waals surface area contributed by atoms with Crippen molar-refractivity contribution in [1.29, 1.82) is 0 Å². The molecule has 3 aromatic carbocycles. The summed E-state index contributed by atoms with van der Waals surface area (Å²) >= 11 is 3.39. The number of aromatic nitrogens is 2. The van der Waals surface area contributed by atoms with Gasteiger partial charge in [0, 0.05) is 28.6 Å². The second-order valence-electron chi connectivity index (χ2n) is 8.22. The number of carbonyl (C=O) groups excluding carboxylic acids is 2. The molecule has 1 fully saturated rings. The number of halogens is 1. The van der Waals surface area contributed by atoms with E-state index in [-0.39, 0.29) is 5.91 Å². The highest BCUT2D eigenvalue weighted by molar-refractivity contribution is 9.10. The fourth-order valence-corrected chi connectivity index (χ4v) is 4.26. The Morgan fingerprint density at radius 1 is 1.00 bits per heavy atom. The van der Waals surface area contributed by atoms with Crippen LogP contribution in [0.2, 0.25) is 0 Å². The van der Waals surface area contributed by atoms with Gasteiger partial charge in [-0.3, -0.25) is 9.59 Å². The summed E-state index contributed by atoms with van der Waals surface area (Å²) in [4.78, 5) is 24.6. The van der Waals surface area contributed by atoms with Crippen molar-refractivity contribution in [3.8, 4) is 22.7 Å². The average Bonchev–Trinajstić information content (AvgIpc) is 3.62. The van der Waals surface area contributed by atoms with Gasteiger partial charge in [-0.15, -0.1) is 0 Å². The van der Waals surface area contributed by atoms with Crippen LogP contribution in [-0.4, -0.2) is 21.7 Å². The second-order valence-corrected chi connectivity index (χ2v) is 9.14. The normalized spacial score (nSPS) is 12.9. The van der Waals surface area contributed by atoms with Gasteiger partial charge in [0.05, 0.1) is 16.9 Å². The third kappa shape index (κ3) is 4.65. The van der Waals surface area contributed by atoms with Crippen LogP contribution in [0.4, 0.5) is 5.69 Å². The Bertz CT molecular complexity index is 1360. The highest BCUT2D eigenvalue weighted by atomic mass is 79.9. The number of benzene rings is 3. The van der Waals surface area contributed by atoms with Crippen molar-refractivity contribution >= 4 is 33.5 Å². The Labute approximate surface area is 205 Å². The minimum atomic E-state index is -0.404. The summed E-state index contributed by atoms with van der Waals surface area (Å²) in [6.45, 7) is 1.39. The number of hydrogen-bond donors (Lipinski definition) is 1. The average molecular weight is 516 g/mol. The standard InChI is InChI=1S/C27H22BrN3O3/c1-17(32)34-27-24(25(19-10-11-19)30-31(27)23-8-3-2-4-9-23)18-12-14-22(15-13-18)29-26(33)20-6-5-7-21(28)16-20/h2-9,12-16,19H,10-11H2,1H3,(H,29,33). The summed E-state index contributed by atoms with van der Waals surface area (Å²) in [6, 6.07) is 24.4. The minimum Gasteiger partial charge on any atom is -0.407 e. The van der Waals surface area contributed by atoms with Crippen LogP contribution in [-0.2, 0) is 4.79 Å². The van der Waals surface area contributed by atoms with Crippen molar-refractivity contribution in [2.75, 3.05) is 5.32 Å². The van der Waals surface area contributed by atoms with Gasteiger partial charge < -0.3 is 10.1 Å². The molecule has 1 saturated carbocycles. The number of para-hydroxylation sites is 1. The zero-order valence-electron chi connectivity index (χ0n) is 18.5. The summed E-state index contributed by atoms with van der Waals surface area (Å²) in [6.07, 6.45) is 2.11. The van der Waals surface area contributed by atoms with Crippen LogP contribution in [0.1, 0.15) is 41.7 Å². The van der Waals surface area contributed by atoms with Gasteiger partial charge in [-0.2, -0.15) is 9.78 Å². The zero-order chi connectivity index (χ0) is 23.7. The molecular formula is C27H22BrN3O3. The van der Waals surface area contributed by atoms with E-state index in [1.165, 1.54) is 6.92 Å². The lowest BCUT2D eigenvalue weighted by Gasteiger charge is -2.10. The molecule has 0 atom stereocenters. The molecular weight excluding hydrogens is 494 g/mol. The maximum absolute atomic E-state index is 12.6. The van der Waals surface area contributed by atoms with Crippen LogP contribution in [0.15, 0.2) is 83.3 Å². The molecule has 0 bridgehead atoms. The minimum absolute atomic E-state index is 0.190. The third-order valence-corrected chi connectivity index (χ3v) is 6.09. The number of hydrogen-bond acceptors (Lipinski definition) is 4. The Balaban J connectivity index is 1.51. The predicted octanol–water partition coefficient (Wildman–Crippen LogP) is 6.36. The topological polar surface area (TPSA) is 73.2 Å². The van der Waals surface area contributed by atoms with E-state index in [0.717, 1.165) is 39.8 Å². The predicted molar refractivity (Wildman–Crippen MR) is 134 cm³/mol. The number of nitrogens with one attached hydrogen (secondary N) is 1. The first-order valence-corrected chi connectivity index (χ1v) is 11.8. The lowest BCUT2D eigenvalue weighted by molar-refractivity contribution is -0.132. The van der Waals surface area contributed by atoms with Crippen LogP contribution in [0.3, 0.4) is 0 Å². The van der Waals surface area contributed by atoms with Crippen LogP contribution in [0.5, 0.6) is 5.88 Å². The number of ether oxygens (including phenoxy) is 1. The van der Waals surface area contributed by atoms with Gasteiger partial charge in [0.15, 0.2) is 0 Å². The number of esters is 1. The molecule has 0 aliphatic heterocycles. The van der Waals surface area contributed by atoms with Crippen LogP contribution in [0.25, 0.3) is 16.8 Å². The van der Waals surface area contributed by atoms with Gasteiger partial charge in [0.25, 0.3) is 5.91 Å². The lowest BCUT2D eigenvalue weighted by atomic mass is 10.0. The van der Waals surface area contributed by atoms with Crippen molar-refractivity contribution in [1.82, 2.24) is 9.78 Å². The van der Waals surface area contributed by atoms with E-state index in [9.17, 15) is 9.59 Å². The SMILES string of the molecule is CC(=O)Oc1c(-c2ccc(NC(=O)c3cccc(Br)c3)cc2)c(C2CC2)nn1-c1ccccc1. The van der Waals surface area contributed by atoms with E-state index >= 15 is 0 Å². The van der Waals surface area contributed by atoms with Gasteiger partial charge in [0.2, 0.25) is 5.88 Å². The Morgan fingerprint density at radius 2 is 1.74 bits per heavy atom. The molecule has 4 aromatic rings. The highest BCUT2D eigenvalue weighted by Gasteiger charge is 2.34. The lowest BCUT2D eigenvalue weighted by Crippen LogP contribution is -2.11. The van der Waals surface area contributed by atoms with Gasteiger partial charge >= 0.3 is 5.97 Å². The number of nitrogens with zero attached hydrogens (tertiary/aromatic N) is 2.